The smallest absolute Gasteiger partial charge is 0.255 e. The van der Waals surface area contributed by atoms with Gasteiger partial charge in [0.15, 0.2) is 0 Å². The molecule has 2 amide bonds. The lowest BCUT2D eigenvalue weighted by molar-refractivity contribution is -0.115. The molecule has 3 aromatic carbocycles. The van der Waals surface area contributed by atoms with Gasteiger partial charge in [-0.1, -0.05) is 46.3 Å². The normalized spacial score (nSPS) is 10.3. The van der Waals surface area contributed by atoms with Crippen molar-refractivity contribution in [3.8, 4) is 0 Å². The largest absolute Gasteiger partial charge is 0.326 e. The Kier molecular flexibility index (Phi) is 5.98. The summed E-state index contributed by atoms with van der Waals surface area (Å²) in [6.45, 7) is 0. The van der Waals surface area contributed by atoms with Gasteiger partial charge < -0.3 is 10.6 Å². The van der Waals surface area contributed by atoms with Crippen LogP contribution in [-0.4, -0.2) is 11.8 Å². The molecule has 0 atom stereocenters. The first kappa shape index (κ1) is 18.8. The van der Waals surface area contributed by atoms with E-state index in [9.17, 15) is 14.0 Å². The van der Waals surface area contributed by atoms with Gasteiger partial charge in [-0.25, -0.2) is 4.39 Å². The highest BCUT2D eigenvalue weighted by Gasteiger charge is 2.10. The maximum absolute atomic E-state index is 13.8. The summed E-state index contributed by atoms with van der Waals surface area (Å²) in [7, 11) is 0. The van der Waals surface area contributed by atoms with Crippen LogP contribution in [0.5, 0.6) is 0 Å². The predicted molar refractivity (Wildman–Crippen MR) is 107 cm³/mol. The molecular weight excluding hydrogens is 411 g/mol. The number of amides is 2. The summed E-state index contributed by atoms with van der Waals surface area (Å²) in [5, 5.41) is 5.31. The van der Waals surface area contributed by atoms with Crippen molar-refractivity contribution in [1.82, 2.24) is 0 Å². The van der Waals surface area contributed by atoms with E-state index in [0.717, 1.165) is 5.56 Å². The molecule has 0 saturated heterocycles. The van der Waals surface area contributed by atoms with Crippen LogP contribution < -0.4 is 10.6 Å². The zero-order chi connectivity index (χ0) is 19.2. The molecule has 0 bridgehead atoms. The molecule has 0 aliphatic carbocycles. The van der Waals surface area contributed by atoms with E-state index in [0.29, 0.717) is 15.7 Å². The van der Waals surface area contributed by atoms with Crippen molar-refractivity contribution in [3.63, 3.8) is 0 Å². The first-order valence-electron chi connectivity index (χ1n) is 8.21. The molecule has 4 nitrogen and oxygen atoms in total. The Morgan fingerprint density at radius 2 is 1.59 bits per heavy atom. The van der Waals surface area contributed by atoms with Gasteiger partial charge in [0.2, 0.25) is 5.91 Å². The molecule has 0 unspecified atom stereocenters. The standard InChI is InChI=1S/C21H16BrFN2O2/c22-16-8-11-19(18(23)13-16)25-21(27)15-6-9-17(10-7-15)24-20(26)12-14-4-2-1-3-5-14/h1-11,13H,12H2,(H,24,26)(H,25,27). The number of hydrogen-bond donors (Lipinski definition) is 2. The van der Waals surface area contributed by atoms with Gasteiger partial charge in [0.05, 0.1) is 12.1 Å². The quantitative estimate of drug-likeness (QED) is 0.601. The third-order valence-corrected chi connectivity index (χ3v) is 4.31. The maximum Gasteiger partial charge on any atom is 0.255 e. The number of carbonyl (C=O) groups is 2. The first-order chi connectivity index (χ1) is 13.0. The van der Waals surface area contributed by atoms with Crippen LogP contribution in [0.1, 0.15) is 15.9 Å². The molecule has 0 radical (unpaired) electrons. The Labute approximate surface area is 164 Å². The van der Waals surface area contributed by atoms with Crippen LogP contribution in [0.2, 0.25) is 0 Å². The molecular formula is C21H16BrFN2O2. The number of rotatable bonds is 5. The monoisotopic (exact) mass is 426 g/mol. The minimum absolute atomic E-state index is 0.100. The zero-order valence-electron chi connectivity index (χ0n) is 14.2. The molecule has 0 aliphatic heterocycles. The number of anilines is 2. The van der Waals surface area contributed by atoms with Crippen molar-refractivity contribution < 1.29 is 14.0 Å². The van der Waals surface area contributed by atoms with Gasteiger partial charge in [0, 0.05) is 15.7 Å². The average molecular weight is 427 g/mol. The van der Waals surface area contributed by atoms with Gasteiger partial charge in [-0.05, 0) is 48.0 Å². The Bertz CT molecular complexity index is 960. The van der Waals surface area contributed by atoms with E-state index in [-0.39, 0.29) is 18.0 Å². The fraction of sp³-hybridized carbons (Fsp3) is 0.0476. The van der Waals surface area contributed by atoms with E-state index < -0.39 is 11.7 Å². The molecule has 0 saturated carbocycles. The Morgan fingerprint density at radius 1 is 0.889 bits per heavy atom. The van der Waals surface area contributed by atoms with Crippen LogP contribution >= 0.6 is 15.9 Å². The van der Waals surface area contributed by atoms with Crippen LogP contribution in [0.25, 0.3) is 0 Å². The third kappa shape index (κ3) is 5.24. The zero-order valence-corrected chi connectivity index (χ0v) is 15.8. The van der Waals surface area contributed by atoms with Gasteiger partial charge in [-0.2, -0.15) is 0 Å². The molecule has 2 N–H and O–H groups in total. The van der Waals surface area contributed by atoms with Crippen molar-refractivity contribution in [3.05, 3.63) is 94.2 Å². The minimum Gasteiger partial charge on any atom is -0.326 e. The summed E-state index contributed by atoms with van der Waals surface area (Å²) in [4.78, 5) is 24.3. The number of hydrogen-bond acceptors (Lipinski definition) is 2. The summed E-state index contributed by atoms with van der Waals surface area (Å²) < 4.78 is 14.4. The van der Waals surface area contributed by atoms with Crippen LogP contribution in [0, 0.1) is 5.82 Å². The lowest BCUT2D eigenvalue weighted by atomic mass is 10.1. The Hall–Kier alpha value is -2.99. The first-order valence-corrected chi connectivity index (χ1v) is 9.01. The van der Waals surface area contributed by atoms with E-state index in [1.165, 1.54) is 12.1 Å². The SMILES string of the molecule is O=C(Cc1ccccc1)Nc1ccc(C(=O)Nc2ccc(Br)cc2F)cc1. The van der Waals surface area contributed by atoms with Crippen molar-refractivity contribution in [2.24, 2.45) is 0 Å². The average Bonchev–Trinajstić information content (AvgIpc) is 2.65. The van der Waals surface area contributed by atoms with Crippen LogP contribution in [-0.2, 0) is 11.2 Å². The maximum atomic E-state index is 13.8. The van der Waals surface area contributed by atoms with E-state index >= 15 is 0 Å². The van der Waals surface area contributed by atoms with E-state index in [4.69, 9.17) is 0 Å². The summed E-state index contributed by atoms with van der Waals surface area (Å²) >= 11 is 3.17. The molecule has 0 aliphatic rings. The van der Waals surface area contributed by atoms with Gasteiger partial charge in [-0.3, -0.25) is 9.59 Å². The molecule has 6 heteroatoms. The highest BCUT2D eigenvalue weighted by atomic mass is 79.9. The summed E-state index contributed by atoms with van der Waals surface area (Å²) in [6.07, 6.45) is 0.270. The molecule has 0 aromatic heterocycles. The van der Waals surface area contributed by atoms with E-state index in [1.54, 1.807) is 30.3 Å². The molecule has 0 heterocycles. The van der Waals surface area contributed by atoms with Crippen molar-refractivity contribution in [1.29, 1.82) is 0 Å². The van der Waals surface area contributed by atoms with Crippen LogP contribution in [0.15, 0.2) is 77.3 Å². The summed E-state index contributed by atoms with van der Waals surface area (Å²) in [5.41, 5.74) is 1.96. The van der Waals surface area contributed by atoms with E-state index in [2.05, 4.69) is 26.6 Å². The van der Waals surface area contributed by atoms with Crippen LogP contribution in [0.3, 0.4) is 0 Å². The topological polar surface area (TPSA) is 58.2 Å². The molecule has 136 valence electrons. The third-order valence-electron chi connectivity index (χ3n) is 3.82. The van der Waals surface area contributed by atoms with Crippen molar-refractivity contribution in [2.75, 3.05) is 10.6 Å². The number of nitrogens with one attached hydrogen (secondary N) is 2. The summed E-state index contributed by atoms with van der Waals surface area (Å²) in [5.74, 6) is -1.10. The highest BCUT2D eigenvalue weighted by Crippen LogP contribution is 2.20. The van der Waals surface area contributed by atoms with Crippen molar-refractivity contribution >= 4 is 39.1 Å². The molecule has 3 aromatic rings. The molecule has 3 rings (SSSR count). The number of halogens is 2. The lowest BCUT2D eigenvalue weighted by Gasteiger charge is -2.08. The molecule has 27 heavy (non-hydrogen) atoms. The molecule has 0 spiro atoms. The fourth-order valence-corrected chi connectivity index (χ4v) is 2.81. The highest BCUT2D eigenvalue weighted by molar-refractivity contribution is 9.10. The summed E-state index contributed by atoms with van der Waals surface area (Å²) in [6, 6.07) is 20.2. The second-order valence-electron chi connectivity index (χ2n) is 5.87. The Balaban J connectivity index is 1.61. The number of benzene rings is 3. The van der Waals surface area contributed by atoms with E-state index in [1.807, 2.05) is 30.3 Å². The van der Waals surface area contributed by atoms with Gasteiger partial charge in [-0.15, -0.1) is 0 Å². The Morgan fingerprint density at radius 3 is 2.26 bits per heavy atom. The minimum atomic E-state index is -0.525. The second kappa shape index (κ2) is 8.60. The predicted octanol–water partition coefficient (Wildman–Crippen LogP) is 5.02. The lowest BCUT2D eigenvalue weighted by Crippen LogP contribution is -2.15. The molecule has 0 fully saturated rings. The van der Waals surface area contributed by atoms with Crippen LogP contribution in [0.4, 0.5) is 15.8 Å². The van der Waals surface area contributed by atoms with Gasteiger partial charge >= 0.3 is 0 Å². The fourth-order valence-electron chi connectivity index (χ4n) is 2.48. The number of carbonyl (C=O) groups excluding carboxylic acids is 2. The van der Waals surface area contributed by atoms with Gasteiger partial charge in [0.25, 0.3) is 5.91 Å². The van der Waals surface area contributed by atoms with Gasteiger partial charge in [0.1, 0.15) is 5.82 Å². The van der Waals surface area contributed by atoms with Crippen molar-refractivity contribution in [2.45, 2.75) is 6.42 Å². The second-order valence-corrected chi connectivity index (χ2v) is 6.78.